The zero-order valence-corrected chi connectivity index (χ0v) is 10.7. The Kier molecular flexibility index (Phi) is 2.95. The summed E-state index contributed by atoms with van der Waals surface area (Å²) in [4.78, 5) is 3.17. The van der Waals surface area contributed by atoms with E-state index in [2.05, 4.69) is 28.5 Å². The lowest BCUT2D eigenvalue weighted by Crippen LogP contribution is -2.01. The van der Waals surface area contributed by atoms with Crippen molar-refractivity contribution in [3.8, 4) is 0 Å². The summed E-state index contributed by atoms with van der Waals surface area (Å²) in [5.74, 6) is -0.175. The molecule has 0 aliphatic carbocycles. The maximum Gasteiger partial charge on any atom is 0.128 e. The van der Waals surface area contributed by atoms with Crippen molar-refractivity contribution in [3.05, 3.63) is 65.6 Å². The molecule has 2 N–H and O–H groups in total. The first kappa shape index (κ1) is 11.8. The third-order valence-electron chi connectivity index (χ3n) is 3.37. The molecule has 0 fully saturated rings. The van der Waals surface area contributed by atoms with E-state index >= 15 is 0 Å². The second-order valence-electron chi connectivity index (χ2n) is 4.67. The van der Waals surface area contributed by atoms with E-state index in [4.69, 9.17) is 0 Å². The normalized spacial score (nSPS) is 10.8. The number of rotatable bonds is 3. The predicted molar refractivity (Wildman–Crippen MR) is 76.8 cm³/mol. The van der Waals surface area contributed by atoms with Crippen molar-refractivity contribution in [1.29, 1.82) is 0 Å². The van der Waals surface area contributed by atoms with Gasteiger partial charge in [0, 0.05) is 29.5 Å². The van der Waals surface area contributed by atoms with E-state index in [0.29, 0.717) is 12.1 Å². The Balaban J connectivity index is 1.80. The summed E-state index contributed by atoms with van der Waals surface area (Å²) in [7, 11) is 0. The highest BCUT2D eigenvalue weighted by atomic mass is 19.1. The summed E-state index contributed by atoms with van der Waals surface area (Å²) in [6.45, 7) is 2.47. The molecule has 2 nitrogen and oxygen atoms in total. The van der Waals surface area contributed by atoms with Crippen LogP contribution < -0.4 is 5.32 Å². The molecule has 1 aromatic heterocycles. The molecule has 0 aliphatic heterocycles. The number of nitrogens with one attached hydrogen (secondary N) is 2. The van der Waals surface area contributed by atoms with Gasteiger partial charge in [0.05, 0.1) is 0 Å². The number of hydrogen-bond acceptors (Lipinski definition) is 1. The van der Waals surface area contributed by atoms with E-state index in [1.807, 2.05) is 18.3 Å². The highest BCUT2D eigenvalue weighted by Crippen LogP contribution is 2.19. The van der Waals surface area contributed by atoms with Crippen molar-refractivity contribution in [2.45, 2.75) is 13.5 Å². The Bertz CT molecular complexity index is 716. The molecule has 0 bridgehead atoms. The fraction of sp³-hybridized carbons (Fsp3) is 0.125. The van der Waals surface area contributed by atoms with Gasteiger partial charge in [0.1, 0.15) is 5.82 Å². The average molecular weight is 254 g/mol. The summed E-state index contributed by atoms with van der Waals surface area (Å²) < 4.78 is 13.4. The Hall–Kier alpha value is -2.29. The minimum atomic E-state index is -0.175. The molecular formula is C16H15FN2. The molecule has 3 heteroatoms. The second kappa shape index (κ2) is 4.76. The lowest BCUT2D eigenvalue weighted by Gasteiger charge is -2.10. The highest BCUT2D eigenvalue weighted by molar-refractivity contribution is 5.80. The van der Waals surface area contributed by atoms with Gasteiger partial charge in [-0.25, -0.2) is 4.39 Å². The molecule has 1 heterocycles. The third-order valence-corrected chi connectivity index (χ3v) is 3.37. The van der Waals surface area contributed by atoms with E-state index in [1.165, 1.54) is 17.0 Å². The van der Waals surface area contributed by atoms with Crippen molar-refractivity contribution in [2.75, 3.05) is 5.32 Å². The zero-order valence-electron chi connectivity index (χ0n) is 10.7. The number of H-pyrrole nitrogens is 1. The molecule has 0 radical (unpaired) electrons. The standard InChI is InChI=1S/C16H15FN2/c1-11-14(17)3-2-4-15(11)19-10-12-5-6-16-13(9-12)7-8-18-16/h2-9,18-19H,10H2,1H3. The molecule has 0 saturated carbocycles. The van der Waals surface area contributed by atoms with Crippen LogP contribution in [0.4, 0.5) is 10.1 Å². The first-order valence-electron chi connectivity index (χ1n) is 6.29. The third kappa shape index (κ3) is 2.32. The van der Waals surface area contributed by atoms with Gasteiger partial charge in [-0.1, -0.05) is 12.1 Å². The molecule has 19 heavy (non-hydrogen) atoms. The van der Waals surface area contributed by atoms with Crippen LogP contribution in [0, 0.1) is 12.7 Å². The van der Waals surface area contributed by atoms with Crippen LogP contribution in [0.3, 0.4) is 0 Å². The quantitative estimate of drug-likeness (QED) is 0.719. The van der Waals surface area contributed by atoms with Crippen LogP contribution in [-0.2, 0) is 6.54 Å². The maximum absolute atomic E-state index is 13.4. The first-order chi connectivity index (χ1) is 9.24. The van der Waals surface area contributed by atoms with Gasteiger partial charge >= 0.3 is 0 Å². The molecule has 0 aliphatic rings. The van der Waals surface area contributed by atoms with Crippen LogP contribution >= 0.6 is 0 Å². The van der Waals surface area contributed by atoms with Crippen molar-refractivity contribution in [1.82, 2.24) is 4.98 Å². The van der Waals surface area contributed by atoms with E-state index < -0.39 is 0 Å². The predicted octanol–water partition coefficient (Wildman–Crippen LogP) is 4.23. The summed E-state index contributed by atoms with van der Waals surface area (Å²) in [5.41, 5.74) is 3.81. The second-order valence-corrected chi connectivity index (χ2v) is 4.67. The van der Waals surface area contributed by atoms with Crippen LogP contribution in [0.15, 0.2) is 48.7 Å². The lowest BCUT2D eigenvalue weighted by atomic mass is 10.1. The minimum absolute atomic E-state index is 0.175. The minimum Gasteiger partial charge on any atom is -0.381 e. The number of aromatic nitrogens is 1. The number of fused-ring (bicyclic) bond motifs is 1. The molecule has 96 valence electrons. The maximum atomic E-state index is 13.4. The lowest BCUT2D eigenvalue weighted by molar-refractivity contribution is 0.619. The van der Waals surface area contributed by atoms with Gasteiger partial charge in [0.25, 0.3) is 0 Å². The van der Waals surface area contributed by atoms with Crippen LogP contribution in [0.1, 0.15) is 11.1 Å². The van der Waals surface area contributed by atoms with Gasteiger partial charge in [0.15, 0.2) is 0 Å². The molecular weight excluding hydrogens is 239 g/mol. The van der Waals surface area contributed by atoms with Gasteiger partial charge < -0.3 is 10.3 Å². The number of anilines is 1. The fourth-order valence-electron chi connectivity index (χ4n) is 2.21. The summed E-state index contributed by atoms with van der Waals surface area (Å²) in [5, 5.41) is 4.47. The molecule has 0 atom stereocenters. The van der Waals surface area contributed by atoms with Crippen molar-refractivity contribution in [3.63, 3.8) is 0 Å². The van der Waals surface area contributed by atoms with Crippen molar-refractivity contribution >= 4 is 16.6 Å². The van der Waals surface area contributed by atoms with Crippen LogP contribution in [0.5, 0.6) is 0 Å². The van der Waals surface area contributed by atoms with E-state index in [9.17, 15) is 4.39 Å². The Morgan fingerprint density at radius 2 is 2.05 bits per heavy atom. The van der Waals surface area contributed by atoms with Gasteiger partial charge in [-0.2, -0.15) is 0 Å². The SMILES string of the molecule is Cc1c(F)cccc1NCc1ccc2[nH]ccc2c1. The summed E-state index contributed by atoms with van der Waals surface area (Å²) >= 11 is 0. The smallest absolute Gasteiger partial charge is 0.128 e. The molecule has 3 aromatic rings. The number of hydrogen-bond donors (Lipinski definition) is 2. The number of halogens is 1. The number of aromatic amines is 1. The topological polar surface area (TPSA) is 27.8 Å². The summed E-state index contributed by atoms with van der Waals surface area (Å²) in [6, 6.07) is 13.4. The number of benzene rings is 2. The van der Waals surface area contributed by atoms with Crippen LogP contribution in [0.25, 0.3) is 10.9 Å². The van der Waals surface area contributed by atoms with Gasteiger partial charge in [-0.05, 0) is 48.2 Å². The highest BCUT2D eigenvalue weighted by Gasteiger charge is 2.03. The molecule has 2 aromatic carbocycles. The Labute approximate surface area is 111 Å². The van der Waals surface area contributed by atoms with E-state index in [1.54, 1.807) is 13.0 Å². The zero-order chi connectivity index (χ0) is 13.2. The van der Waals surface area contributed by atoms with Crippen LogP contribution in [0.2, 0.25) is 0 Å². The molecule has 0 amide bonds. The largest absolute Gasteiger partial charge is 0.381 e. The first-order valence-corrected chi connectivity index (χ1v) is 6.29. The molecule has 0 unspecified atom stereocenters. The monoisotopic (exact) mass is 254 g/mol. The van der Waals surface area contributed by atoms with E-state index in [0.717, 1.165) is 11.2 Å². The van der Waals surface area contributed by atoms with Gasteiger partial charge in [0.2, 0.25) is 0 Å². The van der Waals surface area contributed by atoms with E-state index in [-0.39, 0.29) is 5.82 Å². The average Bonchev–Trinajstić information content (AvgIpc) is 2.88. The molecule has 3 rings (SSSR count). The van der Waals surface area contributed by atoms with Crippen LogP contribution in [-0.4, -0.2) is 4.98 Å². The van der Waals surface area contributed by atoms with Crippen molar-refractivity contribution in [2.24, 2.45) is 0 Å². The van der Waals surface area contributed by atoms with Gasteiger partial charge in [-0.3, -0.25) is 0 Å². The Morgan fingerprint density at radius 1 is 1.16 bits per heavy atom. The molecule has 0 saturated heterocycles. The summed E-state index contributed by atoms with van der Waals surface area (Å²) in [6.07, 6.45) is 1.93. The van der Waals surface area contributed by atoms with Gasteiger partial charge in [-0.15, -0.1) is 0 Å². The van der Waals surface area contributed by atoms with Crippen molar-refractivity contribution < 1.29 is 4.39 Å². The molecule has 0 spiro atoms. The fourth-order valence-corrected chi connectivity index (χ4v) is 2.21. The Morgan fingerprint density at radius 3 is 2.95 bits per heavy atom.